The molecule has 2 aromatic heterocycles. The number of hydrogen-bond acceptors (Lipinski definition) is 17. The number of hydrogen-bond donors (Lipinski definition) is 15. The zero-order valence-corrected chi connectivity index (χ0v) is 53.4. The molecule has 2 aromatic rings. The molecule has 1 fully saturated rings. The number of nitrogens with two attached hydrogens (primary N) is 1. The van der Waals surface area contributed by atoms with Crippen LogP contribution in [-0.2, 0) is 64.5 Å². The Balaban J connectivity index is 2.00. The summed E-state index contributed by atoms with van der Waals surface area (Å²) < 4.78 is 63.1. The third-order valence-corrected chi connectivity index (χ3v) is 17.2. The number of likely N-dealkylation sites (N-methyl/N-ethyl adjacent to an activating group) is 1. The molecule has 0 spiro atoms. The highest BCUT2D eigenvalue weighted by Crippen LogP contribution is 2.29. The maximum atomic E-state index is 14.7. The van der Waals surface area contributed by atoms with Crippen molar-refractivity contribution in [2.75, 3.05) is 13.7 Å². The second kappa shape index (κ2) is 34.4. The van der Waals surface area contributed by atoms with E-state index < -0.39 is 194 Å². The van der Waals surface area contributed by atoms with Crippen LogP contribution in [0, 0.1) is 34.9 Å². The number of aliphatic hydroxyl groups is 2. The summed E-state index contributed by atoms with van der Waals surface area (Å²) in [7, 11) is -4.04. The van der Waals surface area contributed by atoms with Crippen molar-refractivity contribution in [1.82, 2.24) is 68.1 Å². The highest BCUT2D eigenvalue weighted by Gasteiger charge is 2.49. The Kier molecular flexibility index (Phi) is 29.2. The van der Waals surface area contributed by atoms with Gasteiger partial charge in [0.1, 0.15) is 59.1 Å². The molecule has 16 N–H and O–H groups in total. The number of H-pyrrole nitrogens is 1. The smallest absolute Gasteiger partial charge is 0.272 e. The van der Waals surface area contributed by atoms with E-state index in [0.717, 1.165) is 39.5 Å². The number of halogens is 2. The number of amides is 11. The monoisotopic (exact) mass is 1300 g/mol. The van der Waals surface area contributed by atoms with E-state index in [1.165, 1.54) is 47.3 Å². The van der Waals surface area contributed by atoms with E-state index in [4.69, 9.17) is 5.73 Å². The van der Waals surface area contributed by atoms with Crippen LogP contribution in [0.3, 0.4) is 0 Å². The molecule has 0 unspecified atom stereocenters. The highest BCUT2D eigenvalue weighted by atomic mass is 32.2. The van der Waals surface area contributed by atoms with Gasteiger partial charge in [0.05, 0.1) is 24.6 Å². The van der Waals surface area contributed by atoms with Gasteiger partial charge in [-0.15, -0.1) is 0 Å². The first-order chi connectivity index (χ1) is 41.9. The first kappa shape index (κ1) is 76.5. The van der Waals surface area contributed by atoms with Gasteiger partial charge in [-0.25, -0.2) is 14.4 Å². The lowest BCUT2D eigenvalue weighted by Gasteiger charge is -2.37. The van der Waals surface area contributed by atoms with Crippen molar-refractivity contribution < 1.29 is 84.7 Å². The normalized spacial score (nSPS) is 16.7. The molecule has 0 bridgehead atoms. The van der Waals surface area contributed by atoms with Crippen molar-refractivity contribution in [2.45, 2.75) is 205 Å². The van der Waals surface area contributed by atoms with Crippen LogP contribution < -0.4 is 58.9 Å². The summed E-state index contributed by atoms with van der Waals surface area (Å²) >= 11 is 0. The van der Waals surface area contributed by atoms with Crippen molar-refractivity contribution >= 4 is 75.1 Å². The summed E-state index contributed by atoms with van der Waals surface area (Å²) in [6.07, 6.45) is 3.35. The third kappa shape index (κ3) is 22.3. The lowest BCUT2D eigenvalue weighted by Crippen LogP contribution is -2.67. The Morgan fingerprint density at radius 3 is 1.76 bits per heavy atom. The third-order valence-electron chi connectivity index (χ3n) is 15.6. The zero-order chi connectivity index (χ0) is 68.2. The van der Waals surface area contributed by atoms with Crippen LogP contribution in [0.5, 0.6) is 0 Å². The highest BCUT2D eigenvalue weighted by molar-refractivity contribution is 7.87. The minimum atomic E-state index is -5.33. The number of primary amides is 1. The molecule has 30 nitrogen and oxygen atoms in total. The number of rotatable bonds is 34. The number of pyridine rings is 1. The first-order valence-corrected chi connectivity index (χ1v) is 31.1. The minimum Gasteiger partial charge on any atom is -0.394 e. The summed E-state index contributed by atoms with van der Waals surface area (Å²) in [5.41, 5.74) is 3.80. The van der Waals surface area contributed by atoms with Crippen molar-refractivity contribution in [2.24, 2.45) is 28.9 Å². The second-order valence-corrected chi connectivity index (χ2v) is 26.5. The molecule has 1 aliphatic carbocycles. The minimum absolute atomic E-state index is 0.0200. The average Bonchev–Trinajstić information content (AvgIpc) is 1.27. The quantitative estimate of drug-likeness (QED) is 0.0279. The van der Waals surface area contributed by atoms with Crippen molar-refractivity contribution in [1.29, 1.82) is 0 Å². The predicted octanol–water partition coefficient (Wildman–Crippen LogP) is -1.54. The van der Waals surface area contributed by atoms with E-state index >= 15 is 0 Å². The molecule has 11 atom stereocenters. The number of carbonyl (C=O) groups excluding carboxylic acids is 11. The zero-order valence-electron chi connectivity index (χ0n) is 52.6. The standard InChI is InChI=1S/C57H90F2N14O16S/c1-12-29(4)40(69-55(86)44(57(9,10)90(87,88)89)73-53(84)42(31-16-14-13-15-17-31)71-54(85)43(56(6,7)8)72-46(77)33-22-23-63-45(59)39(33)58)51(82)70-41(30(5)75)52(83)66-35(20-21-38(60)76)48(79)67-36(24-32-25-62-27-64-32)50(81)65-34(19-18-28(2)3)49(80)68-37(26-74)47(78)61-11/h22-23,25,27-31,34-37,40-44,74-75H,12-21,24,26H2,1-11H3,(H2,60,76)(H,61,78)(H,62,64)(H,65,81)(H,66,83)(H,67,79)(H,68,80)(H,69,86)(H,70,82)(H,71,85)(H,72,77)(H,73,84)(H,87,88,89)/t29-,30+,34+,35-,36-,37-,40-,41-,42-,43+,44+/m0/s1. The topological polar surface area (TPSA) is 470 Å². The number of aromatic nitrogens is 3. The molecule has 33 heteroatoms. The maximum Gasteiger partial charge on any atom is 0.272 e. The Bertz CT molecular complexity index is 2960. The summed E-state index contributed by atoms with van der Waals surface area (Å²) in [6.45, 7) is 13.5. The number of imidazole rings is 1. The Morgan fingerprint density at radius 2 is 1.23 bits per heavy atom. The largest absolute Gasteiger partial charge is 0.394 e. The fourth-order valence-corrected chi connectivity index (χ4v) is 10.2. The fourth-order valence-electron chi connectivity index (χ4n) is 9.70. The van der Waals surface area contributed by atoms with Crippen molar-refractivity contribution in [3.63, 3.8) is 0 Å². The van der Waals surface area contributed by atoms with Gasteiger partial charge in [-0.2, -0.15) is 12.8 Å². The Morgan fingerprint density at radius 1 is 0.689 bits per heavy atom. The van der Waals surface area contributed by atoms with Crippen LogP contribution in [0.1, 0.15) is 149 Å². The molecule has 90 heavy (non-hydrogen) atoms. The van der Waals surface area contributed by atoms with Crippen LogP contribution in [0.2, 0.25) is 0 Å². The van der Waals surface area contributed by atoms with Crippen LogP contribution in [-0.4, -0.2) is 182 Å². The molecular formula is C57H90F2N14O16S. The molecule has 1 aliphatic rings. The summed E-state index contributed by atoms with van der Waals surface area (Å²) in [6, 6.07) is -14.2. The van der Waals surface area contributed by atoms with Crippen molar-refractivity contribution in [3.05, 3.63) is 47.8 Å². The molecule has 1 saturated carbocycles. The van der Waals surface area contributed by atoms with Gasteiger partial charge in [-0.3, -0.25) is 57.3 Å². The number of nitrogens with zero attached hydrogens (tertiary/aromatic N) is 2. The average molecular weight is 1300 g/mol. The molecule has 0 aromatic carbocycles. The van der Waals surface area contributed by atoms with E-state index in [2.05, 4.69) is 68.1 Å². The Labute approximate surface area is 521 Å². The fraction of sp³-hybridized carbons (Fsp3) is 0.667. The molecule has 504 valence electrons. The molecule has 2 heterocycles. The van der Waals surface area contributed by atoms with Crippen LogP contribution in [0.4, 0.5) is 8.78 Å². The van der Waals surface area contributed by atoms with E-state index in [9.17, 15) is 84.7 Å². The van der Waals surface area contributed by atoms with Gasteiger partial charge < -0.3 is 74.1 Å². The lowest BCUT2D eigenvalue weighted by molar-refractivity contribution is -0.138. The molecule has 11 amide bonds. The van der Waals surface area contributed by atoms with Gasteiger partial charge in [0.2, 0.25) is 65.0 Å². The summed E-state index contributed by atoms with van der Waals surface area (Å²) in [4.78, 5) is 162. The van der Waals surface area contributed by atoms with E-state index in [0.29, 0.717) is 37.8 Å². The van der Waals surface area contributed by atoms with Gasteiger partial charge >= 0.3 is 0 Å². The van der Waals surface area contributed by atoms with Gasteiger partial charge in [-0.05, 0) is 82.1 Å². The van der Waals surface area contributed by atoms with Crippen LogP contribution in [0.15, 0.2) is 24.8 Å². The number of aliphatic hydroxyl groups excluding tert-OH is 2. The molecular weight excluding hydrogens is 1210 g/mol. The van der Waals surface area contributed by atoms with Gasteiger partial charge in [0, 0.05) is 38.0 Å². The lowest BCUT2D eigenvalue weighted by atomic mass is 9.82. The summed E-state index contributed by atoms with van der Waals surface area (Å²) in [5.74, 6) is -16.4. The van der Waals surface area contributed by atoms with Crippen LogP contribution >= 0.6 is 0 Å². The van der Waals surface area contributed by atoms with Crippen molar-refractivity contribution in [3.8, 4) is 0 Å². The number of aromatic amines is 1. The van der Waals surface area contributed by atoms with E-state index in [-0.39, 0.29) is 25.2 Å². The Hall–Kier alpha value is -7.78. The van der Waals surface area contributed by atoms with E-state index in [1.807, 2.05) is 13.8 Å². The second-order valence-electron chi connectivity index (χ2n) is 24.5. The molecule has 0 aliphatic heterocycles. The van der Waals surface area contributed by atoms with E-state index in [1.54, 1.807) is 6.92 Å². The van der Waals surface area contributed by atoms with Gasteiger partial charge in [0.15, 0.2) is 5.82 Å². The SMILES string of the molecule is CC[C@H](C)[C@H](NC(=O)[C@@H](NC(=O)[C@@H](NC(=O)[C@@H](NC(=O)c1ccnc(F)c1F)C(C)(C)C)C1CCCCC1)C(C)(C)S(=O)(=O)O)C(=O)N[C@H](C(=O)N[C@@H](CCC(N)=O)C(=O)N[C@@H](Cc1cnc[nH]1)C(=O)N[C@H](CCC(C)C)C(=O)N[C@@H](CO)C(=O)NC)[C@@H](C)O. The molecule has 0 saturated heterocycles. The first-order valence-electron chi connectivity index (χ1n) is 29.7. The number of nitrogens with one attached hydrogen (secondary N) is 11. The van der Waals surface area contributed by atoms with Gasteiger partial charge in [0.25, 0.3) is 16.0 Å². The number of carbonyl (C=O) groups is 11. The molecule has 3 rings (SSSR count). The van der Waals surface area contributed by atoms with Gasteiger partial charge in [-0.1, -0.05) is 74.1 Å². The summed E-state index contributed by atoms with van der Waals surface area (Å²) in [5, 5.41) is 45.1. The maximum absolute atomic E-state index is 14.7. The molecule has 0 radical (unpaired) electrons. The van der Waals surface area contributed by atoms with Crippen LogP contribution in [0.25, 0.3) is 0 Å². The predicted molar refractivity (Wildman–Crippen MR) is 320 cm³/mol.